The van der Waals surface area contributed by atoms with Crippen LogP contribution in [-0.4, -0.2) is 36.6 Å². The fourth-order valence-electron chi connectivity index (χ4n) is 3.59. The number of nitrogens with one attached hydrogen (secondary N) is 1. The Balaban J connectivity index is 2.01. The summed E-state index contributed by atoms with van der Waals surface area (Å²) in [6, 6.07) is 2.47. The van der Waals surface area contributed by atoms with Crippen LogP contribution in [0.15, 0.2) is 0 Å². The van der Waals surface area contributed by atoms with Crippen molar-refractivity contribution >= 4 is 0 Å². The van der Waals surface area contributed by atoms with Gasteiger partial charge in [-0.15, -0.1) is 0 Å². The largest absolute Gasteiger partial charge is 0.315 e. The lowest BCUT2D eigenvalue weighted by Gasteiger charge is -2.43. The van der Waals surface area contributed by atoms with Gasteiger partial charge in [-0.1, -0.05) is 20.3 Å². The van der Waals surface area contributed by atoms with Gasteiger partial charge in [-0.05, 0) is 58.0 Å². The van der Waals surface area contributed by atoms with Crippen LogP contribution in [-0.2, 0) is 0 Å². The Hall–Kier alpha value is -0.0800. The molecule has 0 aromatic carbocycles. The summed E-state index contributed by atoms with van der Waals surface area (Å²) in [6.45, 7) is 6.00. The van der Waals surface area contributed by atoms with Gasteiger partial charge in [0.15, 0.2) is 0 Å². The zero-order valence-electron chi connectivity index (χ0n) is 11.9. The van der Waals surface area contributed by atoms with Crippen LogP contribution < -0.4 is 5.32 Å². The van der Waals surface area contributed by atoms with E-state index in [1.807, 2.05) is 0 Å². The van der Waals surface area contributed by atoms with Crippen molar-refractivity contribution in [3.8, 4) is 0 Å². The van der Waals surface area contributed by atoms with Gasteiger partial charge in [-0.2, -0.15) is 0 Å². The summed E-state index contributed by atoms with van der Waals surface area (Å²) in [6.07, 6.45) is 9.82. The summed E-state index contributed by atoms with van der Waals surface area (Å²) in [7, 11) is 2.15. The highest BCUT2D eigenvalue weighted by atomic mass is 15.2. The Kier molecular flexibility index (Phi) is 4.87. The van der Waals surface area contributed by atoms with Crippen LogP contribution in [0.3, 0.4) is 0 Å². The molecule has 2 nitrogen and oxygen atoms in total. The first-order valence-electron chi connectivity index (χ1n) is 7.73. The molecule has 3 unspecified atom stereocenters. The topological polar surface area (TPSA) is 15.3 Å². The first-order valence-corrected chi connectivity index (χ1v) is 7.73. The molecule has 0 saturated heterocycles. The van der Waals surface area contributed by atoms with Gasteiger partial charge in [0.05, 0.1) is 0 Å². The second kappa shape index (κ2) is 6.19. The van der Waals surface area contributed by atoms with E-state index in [0.29, 0.717) is 0 Å². The van der Waals surface area contributed by atoms with Crippen molar-refractivity contribution in [3.63, 3.8) is 0 Å². The molecular formula is C15H30N2. The standard InChI is InChI=1S/C15H30N2/c1-4-10-17(13-7-8-13)15-11-12(5-2)6-9-14(15)16-3/h12-16H,4-11H2,1-3H3. The molecule has 0 aromatic rings. The van der Waals surface area contributed by atoms with E-state index in [2.05, 4.69) is 31.1 Å². The van der Waals surface area contributed by atoms with Crippen molar-refractivity contribution in [1.29, 1.82) is 0 Å². The molecule has 2 aliphatic rings. The van der Waals surface area contributed by atoms with E-state index in [9.17, 15) is 0 Å². The average molecular weight is 238 g/mol. The molecule has 0 heterocycles. The Morgan fingerprint density at radius 3 is 2.41 bits per heavy atom. The zero-order valence-corrected chi connectivity index (χ0v) is 11.9. The third kappa shape index (κ3) is 3.23. The predicted octanol–water partition coefficient (Wildman–Crippen LogP) is 3.03. The molecule has 2 heteroatoms. The summed E-state index contributed by atoms with van der Waals surface area (Å²) in [5.41, 5.74) is 0. The second-order valence-corrected chi connectivity index (χ2v) is 6.02. The first kappa shape index (κ1) is 13.4. The summed E-state index contributed by atoms with van der Waals surface area (Å²) < 4.78 is 0. The molecule has 0 aromatic heterocycles. The lowest BCUT2D eigenvalue weighted by atomic mass is 9.80. The molecule has 2 rings (SSSR count). The third-order valence-corrected chi connectivity index (χ3v) is 4.80. The molecular weight excluding hydrogens is 208 g/mol. The summed E-state index contributed by atoms with van der Waals surface area (Å²) >= 11 is 0. The van der Waals surface area contributed by atoms with Crippen molar-refractivity contribution in [2.75, 3.05) is 13.6 Å². The lowest BCUT2D eigenvalue weighted by molar-refractivity contribution is 0.0913. The van der Waals surface area contributed by atoms with Gasteiger partial charge in [0.1, 0.15) is 0 Å². The van der Waals surface area contributed by atoms with Gasteiger partial charge in [-0.25, -0.2) is 0 Å². The maximum absolute atomic E-state index is 3.58. The summed E-state index contributed by atoms with van der Waals surface area (Å²) in [5, 5.41) is 3.58. The van der Waals surface area contributed by atoms with E-state index in [-0.39, 0.29) is 0 Å². The molecule has 2 fully saturated rings. The molecule has 2 saturated carbocycles. The van der Waals surface area contributed by atoms with E-state index < -0.39 is 0 Å². The summed E-state index contributed by atoms with van der Waals surface area (Å²) in [5.74, 6) is 0.975. The van der Waals surface area contributed by atoms with Gasteiger partial charge in [0, 0.05) is 18.1 Å². The maximum atomic E-state index is 3.58. The number of hydrogen-bond donors (Lipinski definition) is 1. The minimum atomic E-state index is 0.741. The van der Waals surface area contributed by atoms with Crippen LogP contribution in [0.2, 0.25) is 0 Å². The highest BCUT2D eigenvalue weighted by Gasteiger charge is 2.39. The Bertz CT molecular complexity index is 225. The smallest absolute Gasteiger partial charge is 0.0254 e. The number of nitrogens with zero attached hydrogens (tertiary/aromatic N) is 1. The van der Waals surface area contributed by atoms with Crippen molar-refractivity contribution in [2.45, 2.75) is 76.9 Å². The highest BCUT2D eigenvalue weighted by Crippen LogP contribution is 2.36. The van der Waals surface area contributed by atoms with Gasteiger partial charge >= 0.3 is 0 Å². The number of likely N-dealkylation sites (N-methyl/N-ethyl adjacent to an activating group) is 1. The van der Waals surface area contributed by atoms with Gasteiger partial charge in [0.2, 0.25) is 0 Å². The van der Waals surface area contributed by atoms with Crippen molar-refractivity contribution < 1.29 is 0 Å². The van der Waals surface area contributed by atoms with E-state index >= 15 is 0 Å². The molecule has 0 bridgehead atoms. The van der Waals surface area contributed by atoms with Crippen molar-refractivity contribution in [1.82, 2.24) is 10.2 Å². The molecule has 3 atom stereocenters. The number of rotatable bonds is 6. The van der Waals surface area contributed by atoms with Gasteiger partial charge < -0.3 is 5.32 Å². The highest BCUT2D eigenvalue weighted by molar-refractivity contribution is 4.96. The molecule has 1 N–H and O–H groups in total. The molecule has 100 valence electrons. The van der Waals surface area contributed by atoms with Gasteiger partial charge in [0.25, 0.3) is 0 Å². The van der Waals surface area contributed by atoms with E-state index in [4.69, 9.17) is 0 Å². The quantitative estimate of drug-likeness (QED) is 0.765. The Morgan fingerprint density at radius 1 is 1.12 bits per heavy atom. The normalized spacial score (nSPS) is 34.2. The minimum absolute atomic E-state index is 0.741. The monoisotopic (exact) mass is 238 g/mol. The first-order chi connectivity index (χ1) is 8.30. The summed E-state index contributed by atoms with van der Waals surface area (Å²) in [4.78, 5) is 2.84. The van der Waals surface area contributed by atoms with Crippen molar-refractivity contribution in [3.05, 3.63) is 0 Å². The molecule has 2 aliphatic carbocycles. The minimum Gasteiger partial charge on any atom is -0.315 e. The Morgan fingerprint density at radius 2 is 1.88 bits per heavy atom. The molecule has 0 spiro atoms. The van der Waals surface area contributed by atoms with Crippen LogP contribution in [0.4, 0.5) is 0 Å². The average Bonchev–Trinajstić information content (AvgIpc) is 3.19. The van der Waals surface area contributed by atoms with E-state index in [1.165, 1.54) is 51.5 Å². The van der Waals surface area contributed by atoms with Crippen molar-refractivity contribution in [2.24, 2.45) is 5.92 Å². The second-order valence-electron chi connectivity index (χ2n) is 6.02. The molecule has 0 aliphatic heterocycles. The van der Waals surface area contributed by atoms with E-state index in [1.54, 1.807) is 0 Å². The fourth-order valence-corrected chi connectivity index (χ4v) is 3.59. The zero-order chi connectivity index (χ0) is 12.3. The van der Waals surface area contributed by atoms with Gasteiger partial charge in [-0.3, -0.25) is 4.90 Å². The molecule has 17 heavy (non-hydrogen) atoms. The maximum Gasteiger partial charge on any atom is 0.0254 e. The van der Waals surface area contributed by atoms with Crippen LogP contribution >= 0.6 is 0 Å². The SMILES string of the molecule is CCCN(C1CC1)C1CC(CC)CCC1NC. The Labute approximate surface area is 107 Å². The van der Waals surface area contributed by atoms with Crippen LogP contribution in [0, 0.1) is 5.92 Å². The van der Waals surface area contributed by atoms with Crippen LogP contribution in [0.1, 0.15) is 58.8 Å². The number of hydrogen-bond acceptors (Lipinski definition) is 2. The third-order valence-electron chi connectivity index (χ3n) is 4.80. The fraction of sp³-hybridized carbons (Fsp3) is 1.00. The molecule has 0 radical (unpaired) electrons. The van der Waals surface area contributed by atoms with Crippen LogP contribution in [0.25, 0.3) is 0 Å². The lowest BCUT2D eigenvalue weighted by Crippen LogP contribution is -2.53. The van der Waals surface area contributed by atoms with Crippen LogP contribution in [0.5, 0.6) is 0 Å². The van der Waals surface area contributed by atoms with E-state index in [0.717, 1.165) is 24.0 Å². The predicted molar refractivity (Wildman–Crippen MR) is 74.3 cm³/mol. The molecule has 0 amide bonds.